The van der Waals surface area contributed by atoms with E-state index in [9.17, 15) is 9.59 Å². The number of likely N-dealkylation sites (N-methyl/N-ethyl adjacent to an activating group) is 1. The molecule has 1 aromatic carbocycles. The van der Waals surface area contributed by atoms with Crippen LogP contribution >= 0.6 is 0 Å². The van der Waals surface area contributed by atoms with Crippen LogP contribution in [0.5, 0.6) is 0 Å². The van der Waals surface area contributed by atoms with Crippen molar-refractivity contribution in [3.05, 3.63) is 60.2 Å². The Morgan fingerprint density at radius 2 is 2.00 bits per heavy atom. The van der Waals surface area contributed by atoms with E-state index in [-0.39, 0.29) is 17.4 Å². The van der Waals surface area contributed by atoms with E-state index in [1.807, 2.05) is 11.9 Å². The second kappa shape index (κ2) is 8.86. The Labute approximate surface area is 172 Å². The molecular weight excluding hydrogens is 386 g/mol. The minimum atomic E-state index is -1.27. The Morgan fingerprint density at radius 3 is 2.73 bits per heavy atom. The van der Waals surface area contributed by atoms with Gasteiger partial charge >= 0.3 is 5.97 Å². The third kappa shape index (κ3) is 4.61. The highest BCUT2D eigenvalue weighted by molar-refractivity contribution is 5.95. The molecule has 154 valence electrons. The summed E-state index contributed by atoms with van der Waals surface area (Å²) in [5.74, 6) is -1.70. The summed E-state index contributed by atoms with van der Waals surface area (Å²) in [5.41, 5.74) is 13.8. The van der Waals surface area contributed by atoms with Crippen LogP contribution in [-0.2, 0) is 0 Å². The van der Waals surface area contributed by atoms with Gasteiger partial charge in [0, 0.05) is 37.5 Å². The second-order valence-electron chi connectivity index (χ2n) is 6.49. The number of rotatable bonds is 7. The first kappa shape index (κ1) is 20.5. The minimum absolute atomic E-state index is 0.167. The molecular formula is C20H21N7O3. The molecule has 3 aromatic rings. The molecule has 6 N–H and O–H groups in total. The van der Waals surface area contributed by atoms with Gasteiger partial charge in [0.25, 0.3) is 5.91 Å². The lowest BCUT2D eigenvalue weighted by atomic mass is 10.1. The monoisotopic (exact) mass is 407 g/mol. The summed E-state index contributed by atoms with van der Waals surface area (Å²) in [6, 6.07) is 8.48. The van der Waals surface area contributed by atoms with Crippen LogP contribution < -0.4 is 21.7 Å². The summed E-state index contributed by atoms with van der Waals surface area (Å²) in [7, 11) is 1.87. The van der Waals surface area contributed by atoms with Crippen molar-refractivity contribution in [3.63, 3.8) is 0 Å². The smallest absolute Gasteiger partial charge is 0.358 e. The van der Waals surface area contributed by atoms with Crippen LogP contribution in [0, 0.1) is 0 Å². The quantitative estimate of drug-likeness (QED) is 0.452. The van der Waals surface area contributed by atoms with Gasteiger partial charge in [0.15, 0.2) is 11.5 Å². The Morgan fingerprint density at radius 1 is 1.20 bits per heavy atom. The van der Waals surface area contributed by atoms with Gasteiger partial charge in [-0.05, 0) is 18.2 Å². The number of nitrogen functional groups attached to an aromatic ring is 2. The topological polar surface area (TPSA) is 160 Å². The fraction of sp³-hybridized carbons (Fsp3) is 0.150. The zero-order valence-corrected chi connectivity index (χ0v) is 16.2. The molecule has 10 heteroatoms. The number of amides is 1. The molecule has 1 amide bonds. The van der Waals surface area contributed by atoms with Crippen molar-refractivity contribution in [1.82, 2.24) is 20.3 Å². The van der Waals surface area contributed by atoms with Crippen molar-refractivity contribution in [3.8, 4) is 11.3 Å². The van der Waals surface area contributed by atoms with Crippen molar-refractivity contribution in [2.24, 2.45) is 0 Å². The first-order valence-corrected chi connectivity index (χ1v) is 9.02. The highest BCUT2D eigenvalue weighted by atomic mass is 16.4. The van der Waals surface area contributed by atoms with Crippen LogP contribution in [0.25, 0.3) is 11.3 Å². The molecule has 0 aliphatic rings. The molecule has 0 atom stereocenters. The summed E-state index contributed by atoms with van der Waals surface area (Å²) in [6.45, 7) is 0.942. The van der Waals surface area contributed by atoms with Gasteiger partial charge in [-0.2, -0.15) is 0 Å². The van der Waals surface area contributed by atoms with E-state index in [1.165, 1.54) is 6.20 Å². The largest absolute Gasteiger partial charge is 0.476 e. The minimum Gasteiger partial charge on any atom is -0.476 e. The number of aromatic carboxylic acids is 1. The lowest BCUT2D eigenvalue weighted by Crippen LogP contribution is -2.33. The van der Waals surface area contributed by atoms with Crippen LogP contribution in [0.1, 0.15) is 20.8 Å². The Balaban J connectivity index is 1.67. The normalized spacial score (nSPS) is 10.4. The van der Waals surface area contributed by atoms with Crippen molar-refractivity contribution >= 4 is 29.1 Å². The maximum Gasteiger partial charge on any atom is 0.358 e. The average Bonchev–Trinajstić information content (AvgIpc) is 2.74. The summed E-state index contributed by atoms with van der Waals surface area (Å²) in [4.78, 5) is 37.5. The highest BCUT2D eigenvalue weighted by Gasteiger charge is 2.14. The Bertz CT molecular complexity index is 1090. The van der Waals surface area contributed by atoms with E-state index in [0.717, 1.165) is 5.69 Å². The van der Waals surface area contributed by atoms with E-state index >= 15 is 0 Å². The van der Waals surface area contributed by atoms with Gasteiger partial charge in [0.2, 0.25) is 0 Å². The third-order valence-electron chi connectivity index (χ3n) is 4.40. The van der Waals surface area contributed by atoms with E-state index in [2.05, 4.69) is 20.3 Å². The number of benzene rings is 1. The SMILES string of the molecule is CN(CCNC(=O)c1cccc(-c2cnc(N)c(C(=O)O)n2)c1)c1ccncc1N. The molecule has 0 bridgehead atoms. The standard InChI is InChI=1S/C20H21N7O3/c1-27(16-5-6-23-10-14(16)21)8-7-24-19(28)13-4-2-3-12(9-13)15-11-25-18(22)17(26-15)20(29)30/h2-6,9-11H,7-8,21H2,1H3,(H2,22,25)(H,24,28)(H,29,30). The summed E-state index contributed by atoms with van der Waals surface area (Å²) in [6.07, 6.45) is 4.60. The fourth-order valence-corrected chi connectivity index (χ4v) is 2.82. The van der Waals surface area contributed by atoms with Crippen LogP contribution in [0.2, 0.25) is 0 Å². The van der Waals surface area contributed by atoms with Gasteiger partial charge in [-0.25, -0.2) is 14.8 Å². The Kier molecular flexibility index (Phi) is 6.06. The molecule has 2 heterocycles. The van der Waals surface area contributed by atoms with Gasteiger partial charge in [-0.1, -0.05) is 12.1 Å². The number of nitrogens with two attached hydrogens (primary N) is 2. The fourth-order valence-electron chi connectivity index (χ4n) is 2.82. The number of nitrogens with one attached hydrogen (secondary N) is 1. The van der Waals surface area contributed by atoms with Crippen LogP contribution in [0.15, 0.2) is 48.9 Å². The summed E-state index contributed by atoms with van der Waals surface area (Å²) in [5, 5.41) is 12.0. The number of hydrogen-bond acceptors (Lipinski definition) is 8. The molecule has 0 saturated heterocycles. The predicted molar refractivity (Wildman–Crippen MR) is 113 cm³/mol. The number of anilines is 3. The molecule has 0 spiro atoms. The van der Waals surface area contributed by atoms with E-state index in [1.54, 1.807) is 42.7 Å². The molecule has 0 fully saturated rings. The summed E-state index contributed by atoms with van der Waals surface area (Å²) >= 11 is 0. The van der Waals surface area contributed by atoms with Crippen LogP contribution in [0.3, 0.4) is 0 Å². The molecule has 10 nitrogen and oxygen atoms in total. The van der Waals surface area contributed by atoms with Crippen LogP contribution in [-0.4, -0.2) is 52.1 Å². The second-order valence-corrected chi connectivity index (χ2v) is 6.49. The number of nitrogens with zero attached hydrogens (tertiary/aromatic N) is 4. The number of aromatic nitrogens is 3. The third-order valence-corrected chi connectivity index (χ3v) is 4.40. The van der Waals surface area contributed by atoms with E-state index in [0.29, 0.717) is 35.6 Å². The molecule has 0 unspecified atom stereocenters. The molecule has 0 radical (unpaired) electrons. The van der Waals surface area contributed by atoms with Crippen LogP contribution in [0.4, 0.5) is 17.2 Å². The number of carbonyl (C=O) groups is 2. The lowest BCUT2D eigenvalue weighted by Gasteiger charge is -2.20. The molecule has 30 heavy (non-hydrogen) atoms. The highest BCUT2D eigenvalue weighted by Crippen LogP contribution is 2.21. The predicted octanol–water partition coefficient (Wildman–Crippen LogP) is 1.27. The number of carbonyl (C=O) groups excluding carboxylic acids is 1. The lowest BCUT2D eigenvalue weighted by molar-refractivity contribution is 0.0691. The number of hydrogen-bond donors (Lipinski definition) is 4. The van der Waals surface area contributed by atoms with Gasteiger partial charge in [0.05, 0.1) is 29.5 Å². The maximum absolute atomic E-state index is 12.5. The number of carboxylic acids is 1. The van der Waals surface area contributed by atoms with Crippen molar-refractivity contribution in [2.45, 2.75) is 0 Å². The van der Waals surface area contributed by atoms with Crippen molar-refractivity contribution in [2.75, 3.05) is 36.5 Å². The average molecular weight is 407 g/mol. The number of carboxylic acid groups (broad SMARTS) is 1. The van der Waals surface area contributed by atoms with Gasteiger partial charge in [0.1, 0.15) is 0 Å². The first-order chi connectivity index (χ1) is 14.4. The van der Waals surface area contributed by atoms with Gasteiger partial charge in [-0.15, -0.1) is 0 Å². The van der Waals surface area contributed by atoms with Gasteiger partial charge < -0.3 is 26.8 Å². The first-order valence-electron chi connectivity index (χ1n) is 9.02. The van der Waals surface area contributed by atoms with E-state index in [4.69, 9.17) is 16.6 Å². The molecule has 3 rings (SSSR count). The van der Waals surface area contributed by atoms with E-state index < -0.39 is 5.97 Å². The van der Waals surface area contributed by atoms with Gasteiger partial charge in [-0.3, -0.25) is 9.78 Å². The summed E-state index contributed by atoms with van der Waals surface area (Å²) < 4.78 is 0. The maximum atomic E-state index is 12.5. The van der Waals surface area contributed by atoms with Crippen molar-refractivity contribution in [1.29, 1.82) is 0 Å². The Hall–Kier alpha value is -4.21. The van der Waals surface area contributed by atoms with Crippen molar-refractivity contribution < 1.29 is 14.7 Å². The number of pyridine rings is 1. The molecule has 0 aliphatic heterocycles. The zero-order chi connectivity index (χ0) is 21.7. The molecule has 2 aromatic heterocycles. The zero-order valence-electron chi connectivity index (χ0n) is 16.2. The molecule has 0 aliphatic carbocycles. The molecule has 0 saturated carbocycles.